The Morgan fingerprint density at radius 2 is 2.18 bits per heavy atom. The second kappa shape index (κ2) is 6.34. The van der Waals surface area contributed by atoms with Crippen LogP contribution >= 0.6 is 15.9 Å². The minimum absolute atomic E-state index is 0.0559. The Labute approximate surface area is 106 Å². The molecular weight excluding hydrogens is 293 g/mol. The Bertz CT molecular complexity index is 437. The molecule has 1 N–H and O–H groups in total. The van der Waals surface area contributed by atoms with Crippen LogP contribution in [0.4, 0.5) is 4.39 Å². The lowest BCUT2D eigenvalue weighted by Crippen LogP contribution is -2.27. The molecule has 17 heavy (non-hydrogen) atoms. The number of rotatable bonds is 4. The molecule has 92 valence electrons. The molecule has 0 aliphatic heterocycles. The third kappa shape index (κ3) is 4.14. The number of ether oxygens (including phenoxy) is 1. The van der Waals surface area contributed by atoms with E-state index in [4.69, 9.17) is 0 Å². The molecule has 1 rings (SSSR count). The van der Waals surface area contributed by atoms with Gasteiger partial charge in [-0.3, -0.25) is 9.59 Å². The number of esters is 1. The summed E-state index contributed by atoms with van der Waals surface area (Å²) >= 11 is 3.09. The minimum atomic E-state index is -0.616. The molecule has 0 fully saturated rings. The first-order chi connectivity index (χ1) is 8.04. The van der Waals surface area contributed by atoms with Crippen molar-refractivity contribution in [3.63, 3.8) is 0 Å². The van der Waals surface area contributed by atoms with Gasteiger partial charge < -0.3 is 10.1 Å². The standard InChI is InChI=1S/C11H11BrFNO3/c1-17-10(15)4-5-14-11(16)8-3-2-7(12)6-9(8)13/h2-3,6H,4-5H2,1H3,(H,14,16). The Morgan fingerprint density at radius 1 is 1.47 bits per heavy atom. The maximum absolute atomic E-state index is 13.4. The molecule has 6 heteroatoms. The zero-order valence-corrected chi connectivity index (χ0v) is 10.7. The molecule has 0 saturated heterocycles. The number of carbonyl (C=O) groups excluding carboxylic acids is 2. The molecule has 4 nitrogen and oxygen atoms in total. The van der Waals surface area contributed by atoms with Gasteiger partial charge in [-0.05, 0) is 18.2 Å². The van der Waals surface area contributed by atoms with Crippen molar-refractivity contribution in [1.29, 1.82) is 0 Å². The molecule has 1 amide bonds. The summed E-state index contributed by atoms with van der Waals surface area (Å²) in [7, 11) is 1.26. The zero-order chi connectivity index (χ0) is 12.8. The largest absolute Gasteiger partial charge is 0.469 e. The van der Waals surface area contributed by atoms with Crippen LogP contribution < -0.4 is 5.32 Å². The summed E-state index contributed by atoms with van der Waals surface area (Å²) in [6.45, 7) is 0.112. The Morgan fingerprint density at radius 3 is 2.76 bits per heavy atom. The number of benzene rings is 1. The molecule has 0 aromatic heterocycles. The average Bonchev–Trinajstić information content (AvgIpc) is 2.28. The van der Waals surface area contributed by atoms with Gasteiger partial charge in [0, 0.05) is 11.0 Å². The SMILES string of the molecule is COC(=O)CCNC(=O)c1ccc(Br)cc1F. The van der Waals surface area contributed by atoms with Gasteiger partial charge in [0.15, 0.2) is 0 Å². The van der Waals surface area contributed by atoms with Crippen LogP contribution in [-0.2, 0) is 9.53 Å². The molecular formula is C11H11BrFNO3. The van der Waals surface area contributed by atoms with Crippen molar-refractivity contribution in [2.45, 2.75) is 6.42 Å². The fraction of sp³-hybridized carbons (Fsp3) is 0.273. The van der Waals surface area contributed by atoms with Gasteiger partial charge in [-0.15, -0.1) is 0 Å². The zero-order valence-electron chi connectivity index (χ0n) is 9.13. The first kappa shape index (κ1) is 13.6. The van der Waals surface area contributed by atoms with Crippen molar-refractivity contribution in [2.75, 3.05) is 13.7 Å². The highest BCUT2D eigenvalue weighted by Crippen LogP contribution is 2.15. The van der Waals surface area contributed by atoms with Gasteiger partial charge in [-0.2, -0.15) is 0 Å². The second-order valence-corrected chi connectivity index (χ2v) is 4.12. The summed E-state index contributed by atoms with van der Waals surface area (Å²) in [5.74, 6) is -1.60. The molecule has 0 aliphatic carbocycles. The average molecular weight is 304 g/mol. The third-order valence-electron chi connectivity index (χ3n) is 2.02. The van der Waals surface area contributed by atoms with Gasteiger partial charge in [0.25, 0.3) is 5.91 Å². The monoisotopic (exact) mass is 303 g/mol. The minimum Gasteiger partial charge on any atom is -0.469 e. The Balaban J connectivity index is 2.55. The normalized spacial score (nSPS) is 9.82. The van der Waals surface area contributed by atoms with Crippen molar-refractivity contribution < 1.29 is 18.7 Å². The Kier molecular flexibility index (Phi) is 5.09. The molecule has 0 radical (unpaired) electrons. The van der Waals surface area contributed by atoms with Crippen LogP contribution in [0, 0.1) is 5.82 Å². The quantitative estimate of drug-likeness (QED) is 0.864. The lowest BCUT2D eigenvalue weighted by Gasteiger charge is -2.05. The highest BCUT2D eigenvalue weighted by molar-refractivity contribution is 9.10. The highest BCUT2D eigenvalue weighted by atomic mass is 79.9. The summed E-state index contributed by atoms with van der Waals surface area (Å²) in [4.78, 5) is 22.3. The first-order valence-corrected chi connectivity index (χ1v) is 5.64. The van der Waals surface area contributed by atoms with E-state index in [1.807, 2.05) is 0 Å². The summed E-state index contributed by atoms with van der Waals surface area (Å²) in [6, 6.07) is 4.14. The van der Waals surface area contributed by atoms with E-state index >= 15 is 0 Å². The smallest absolute Gasteiger partial charge is 0.307 e. The summed E-state index contributed by atoms with van der Waals surface area (Å²) < 4.78 is 18.3. The van der Waals surface area contributed by atoms with Crippen molar-refractivity contribution in [1.82, 2.24) is 5.32 Å². The molecule has 0 atom stereocenters. The predicted octanol–water partition coefficient (Wildman–Crippen LogP) is 1.88. The van der Waals surface area contributed by atoms with E-state index in [0.717, 1.165) is 0 Å². The number of halogens is 2. The number of amides is 1. The third-order valence-corrected chi connectivity index (χ3v) is 2.51. The van der Waals surface area contributed by atoms with E-state index in [2.05, 4.69) is 26.0 Å². The second-order valence-electron chi connectivity index (χ2n) is 3.21. The fourth-order valence-electron chi connectivity index (χ4n) is 1.15. The van der Waals surface area contributed by atoms with Crippen LogP contribution in [0.3, 0.4) is 0 Å². The van der Waals surface area contributed by atoms with E-state index in [0.29, 0.717) is 4.47 Å². The highest BCUT2D eigenvalue weighted by Gasteiger charge is 2.11. The maximum atomic E-state index is 13.4. The Hall–Kier alpha value is -1.43. The molecule has 0 spiro atoms. The van der Waals surface area contributed by atoms with Gasteiger partial charge in [-0.25, -0.2) is 4.39 Å². The molecule has 1 aromatic rings. The van der Waals surface area contributed by atoms with Gasteiger partial charge >= 0.3 is 5.97 Å². The first-order valence-electron chi connectivity index (χ1n) is 4.84. The van der Waals surface area contributed by atoms with Gasteiger partial charge in [-0.1, -0.05) is 15.9 Å². The van der Waals surface area contributed by atoms with Gasteiger partial charge in [0.2, 0.25) is 0 Å². The topological polar surface area (TPSA) is 55.4 Å². The number of methoxy groups -OCH3 is 1. The van der Waals surface area contributed by atoms with E-state index in [1.165, 1.54) is 19.2 Å². The molecule has 0 aliphatic rings. The number of carbonyl (C=O) groups is 2. The van der Waals surface area contributed by atoms with Gasteiger partial charge in [0.1, 0.15) is 5.82 Å². The predicted molar refractivity (Wildman–Crippen MR) is 63.1 cm³/mol. The van der Waals surface area contributed by atoms with Crippen LogP contribution in [0.15, 0.2) is 22.7 Å². The van der Waals surface area contributed by atoms with Crippen LogP contribution in [0.2, 0.25) is 0 Å². The van der Waals surface area contributed by atoms with Crippen molar-refractivity contribution in [3.8, 4) is 0 Å². The van der Waals surface area contributed by atoms with E-state index in [9.17, 15) is 14.0 Å². The fourth-order valence-corrected chi connectivity index (χ4v) is 1.48. The van der Waals surface area contributed by atoms with E-state index < -0.39 is 17.7 Å². The van der Waals surface area contributed by atoms with Crippen LogP contribution in [0.1, 0.15) is 16.8 Å². The number of hydrogen-bond acceptors (Lipinski definition) is 3. The molecule has 0 unspecified atom stereocenters. The van der Waals surface area contributed by atoms with Crippen LogP contribution in [0.5, 0.6) is 0 Å². The lowest BCUT2D eigenvalue weighted by atomic mass is 10.2. The van der Waals surface area contributed by atoms with E-state index in [-0.39, 0.29) is 18.5 Å². The van der Waals surface area contributed by atoms with Crippen molar-refractivity contribution >= 4 is 27.8 Å². The number of hydrogen-bond donors (Lipinski definition) is 1. The maximum Gasteiger partial charge on any atom is 0.307 e. The lowest BCUT2D eigenvalue weighted by molar-refractivity contribution is -0.140. The van der Waals surface area contributed by atoms with Crippen LogP contribution in [0.25, 0.3) is 0 Å². The summed E-state index contributed by atoms with van der Waals surface area (Å²) in [6.07, 6.45) is 0.0559. The van der Waals surface area contributed by atoms with Gasteiger partial charge in [0.05, 0.1) is 19.1 Å². The van der Waals surface area contributed by atoms with Crippen LogP contribution in [-0.4, -0.2) is 25.5 Å². The summed E-state index contributed by atoms with van der Waals surface area (Å²) in [5.41, 5.74) is -0.0573. The summed E-state index contributed by atoms with van der Waals surface area (Å²) in [5, 5.41) is 2.43. The van der Waals surface area contributed by atoms with Crippen molar-refractivity contribution in [2.24, 2.45) is 0 Å². The van der Waals surface area contributed by atoms with Crippen molar-refractivity contribution in [3.05, 3.63) is 34.1 Å². The molecule has 0 saturated carbocycles. The molecule has 0 heterocycles. The van der Waals surface area contributed by atoms with E-state index in [1.54, 1.807) is 6.07 Å². The number of nitrogens with one attached hydrogen (secondary N) is 1. The molecule has 0 bridgehead atoms. The molecule has 1 aromatic carbocycles.